The summed E-state index contributed by atoms with van der Waals surface area (Å²) in [4.78, 5) is 21.8. The molecule has 3 aromatic rings. The number of carbonyl (C=O) groups excluding carboxylic acids is 1. The van der Waals surface area contributed by atoms with Crippen molar-refractivity contribution in [2.45, 2.75) is 13.0 Å². The number of benzene rings is 2. The van der Waals surface area contributed by atoms with Crippen molar-refractivity contribution < 1.29 is 9.21 Å². The quantitative estimate of drug-likeness (QED) is 0.511. The normalized spacial score (nSPS) is 16.1. The standard InChI is InChI=1S/C21H19ClN6O2/c1-11-17(19(29)25-12(2)23)18(13-7-3-4-8-14(13)22)27-20(24-11)28-21-26-15-9-5-6-10-16(15)30-21/h3-10,18H,2,23H2,1H3,(H,25,29)(H2,24,26,27,28). The minimum atomic E-state index is -0.675. The maximum absolute atomic E-state index is 12.8. The monoisotopic (exact) mass is 422 g/mol. The van der Waals surface area contributed by atoms with E-state index < -0.39 is 11.9 Å². The molecule has 1 amide bonds. The van der Waals surface area contributed by atoms with Crippen molar-refractivity contribution in [1.29, 1.82) is 0 Å². The van der Waals surface area contributed by atoms with Gasteiger partial charge >= 0.3 is 6.01 Å². The van der Waals surface area contributed by atoms with Crippen LogP contribution in [0.2, 0.25) is 5.02 Å². The van der Waals surface area contributed by atoms with E-state index in [0.29, 0.717) is 38.9 Å². The van der Waals surface area contributed by atoms with Crippen molar-refractivity contribution in [2.24, 2.45) is 10.7 Å². The first-order valence-electron chi connectivity index (χ1n) is 9.10. The second kappa shape index (κ2) is 7.92. The molecule has 0 saturated carbocycles. The lowest BCUT2D eigenvalue weighted by Gasteiger charge is -2.26. The van der Waals surface area contributed by atoms with E-state index in [1.165, 1.54) is 0 Å². The molecule has 0 fully saturated rings. The molecule has 2 aromatic carbocycles. The van der Waals surface area contributed by atoms with E-state index in [0.717, 1.165) is 0 Å². The number of nitrogens with zero attached hydrogens (tertiary/aromatic N) is 2. The number of anilines is 1. The van der Waals surface area contributed by atoms with Gasteiger partial charge in [0.15, 0.2) is 5.58 Å². The summed E-state index contributed by atoms with van der Waals surface area (Å²) in [5.74, 6) is -0.00762. The zero-order valence-corrected chi connectivity index (χ0v) is 16.8. The smallest absolute Gasteiger partial charge is 0.302 e. The Kier molecular flexibility index (Phi) is 5.16. The molecule has 4 rings (SSSR count). The number of oxazole rings is 1. The van der Waals surface area contributed by atoms with Gasteiger partial charge in [0.1, 0.15) is 11.6 Å². The number of hydrogen-bond acceptors (Lipinski definition) is 7. The van der Waals surface area contributed by atoms with Gasteiger partial charge in [-0.2, -0.15) is 4.98 Å². The van der Waals surface area contributed by atoms with E-state index in [1.54, 1.807) is 13.0 Å². The highest BCUT2D eigenvalue weighted by Crippen LogP contribution is 2.35. The third-order valence-corrected chi connectivity index (χ3v) is 4.82. The lowest BCUT2D eigenvalue weighted by Crippen LogP contribution is -2.39. The van der Waals surface area contributed by atoms with Crippen LogP contribution >= 0.6 is 11.6 Å². The number of para-hydroxylation sites is 2. The molecule has 0 saturated heterocycles. The summed E-state index contributed by atoms with van der Waals surface area (Å²) in [5.41, 5.74) is 8.54. The van der Waals surface area contributed by atoms with Crippen LogP contribution in [-0.2, 0) is 4.79 Å². The number of aromatic nitrogens is 1. The largest absolute Gasteiger partial charge is 0.423 e. The van der Waals surface area contributed by atoms with Crippen molar-refractivity contribution >= 4 is 40.6 Å². The highest BCUT2D eigenvalue weighted by molar-refractivity contribution is 6.31. The lowest BCUT2D eigenvalue weighted by molar-refractivity contribution is -0.117. The van der Waals surface area contributed by atoms with Crippen molar-refractivity contribution in [3.05, 3.63) is 82.8 Å². The van der Waals surface area contributed by atoms with Gasteiger partial charge in [-0.3, -0.25) is 10.1 Å². The highest BCUT2D eigenvalue weighted by Gasteiger charge is 2.31. The average Bonchev–Trinajstić information content (AvgIpc) is 3.09. The highest BCUT2D eigenvalue weighted by atomic mass is 35.5. The SMILES string of the molecule is C=C(N)NC(=O)C1=C(C)NC(Nc2nc3ccccc3o2)=NC1c1ccccc1Cl. The van der Waals surface area contributed by atoms with E-state index in [-0.39, 0.29) is 11.8 Å². The molecule has 8 nitrogen and oxygen atoms in total. The molecule has 0 radical (unpaired) electrons. The third kappa shape index (κ3) is 3.85. The minimum absolute atomic E-state index is 0.0394. The van der Waals surface area contributed by atoms with E-state index in [1.807, 2.05) is 42.5 Å². The topological polar surface area (TPSA) is 118 Å². The van der Waals surface area contributed by atoms with Crippen LogP contribution in [0.3, 0.4) is 0 Å². The predicted octanol–water partition coefficient (Wildman–Crippen LogP) is 3.41. The zero-order chi connectivity index (χ0) is 21.3. The molecule has 1 aliphatic heterocycles. The number of hydrogen-bond donors (Lipinski definition) is 4. The van der Waals surface area contributed by atoms with Crippen LogP contribution in [0.25, 0.3) is 11.1 Å². The van der Waals surface area contributed by atoms with Crippen molar-refractivity contribution in [1.82, 2.24) is 15.6 Å². The van der Waals surface area contributed by atoms with Gasteiger partial charge in [-0.1, -0.05) is 48.5 Å². The van der Waals surface area contributed by atoms with Crippen LogP contribution in [0.15, 0.2) is 81.6 Å². The Morgan fingerprint density at radius 2 is 1.97 bits per heavy atom. The van der Waals surface area contributed by atoms with Crippen molar-refractivity contribution in [2.75, 3.05) is 5.32 Å². The van der Waals surface area contributed by atoms with Crippen LogP contribution in [0, 0.1) is 0 Å². The number of halogens is 1. The molecule has 1 aliphatic rings. The first-order chi connectivity index (χ1) is 14.4. The van der Waals surface area contributed by atoms with Gasteiger partial charge in [0.25, 0.3) is 5.91 Å². The van der Waals surface area contributed by atoms with Gasteiger partial charge in [-0.25, -0.2) is 4.99 Å². The molecule has 9 heteroatoms. The van der Waals surface area contributed by atoms with Crippen LogP contribution in [-0.4, -0.2) is 16.9 Å². The van der Waals surface area contributed by atoms with Gasteiger partial charge in [-0.15, -0.1) is 0 Å². The van der Waals surface area contributed by atoms with Gasteiger partial charge < -0.3 is 20.8 Å². The average molecular weight is 423 g/mol. The predicted molar refractivity (Wildman–Crippen MR) is 117 cm³/mol. The Morgan fingerprint density at radius 3 is 2.70 bits per heavy atom. The summed E-state index contributed by atoms with van der Waals surface area (Å²) in [5, 5.41) is 9.12. The second-order valence-corrected chi connectivity index (χ2v) is 7.06. The van der Waals surface area contributed by atoms with E-state index in [2.05, 4.69) is 32.5 Å². The molecule has 0 bridgehead atoms. The summed E-state index contributed by atoms with van der Waals surface area (Å²) in [6.07, 6.45) is 0. The number of rotatable bonds is 4. The van der Waals surface area contributed by atoms with Gasteiger partial charge in [0.05, 0.1) is 11.4 Å². The fraction of sp³-hybridized carbons (Fsp3) is 0.0952. The summed E-state index contributed by atoms with van der Waals surface area (Å²) in [6.45, 7) is 5.29. The third-order valence-electron chi connectivity index (χ3n) is 4.48. The zero-order valence-electron chi connectivity index (χ0n) is 16.1. The van der Waals surface area contributed by atoms with Crippen molar-refractivity contribution in [3.63, 3.8) is 0 Å². The maximum Gasteiger partial charge on any atom is 0.302 e. The molecular weight excluding hydrogens is 404 g/mol. The number of amides is 1. The molecule has 1 atom stereocenters. The number of guanidine groups is 1. The first-order valence-corrected chi connectivity index (χ1v) is 9.48. The van der Waals surface area contributed by atoms with Crippen LogP contribution in [0.5, 0.6) is 0 Å². The number of allylic oxidation sites excluding steroid dienone is 1. The van der Waals surface area contributed by atoms with Crippen molar-refractivity contribution in [3.8, 4) is 0 Å². The summed E-state index contributed by atoms with van der Waals surface area (Å²) in [7, 11) is 0. The fourth-order valence-corrected chi connectivity index (χ4v) is 3.44. The lowest BCUT2D eigenvalue weighted by atomic mass is 9.95. The Morgan fingerprint density at radius 1 is 1.23 bits per heavy atom. The van der Waals surface area contributed by atoms with Gasteiger partial charge in [0.2, 0.25) is 5.96 Å². The van der Waals surface area contributed by atoms with E-state index in [9.17, 15) is 4.79 Å². The van der Waals surface area contributed by atoms with Crippen LogP contribution in [0.4, 0.5) is 6.01 Å². The number of nitrogens with one attached hydrogen (secondary N) is 3. The molecule has 2 heterocycles. The summed E-state index contributed by atoms with van der Waals surface area (Å²) in [6, 6.07) is 14.2. The molecule has 5 N–H and O–H groups in total. The Bertz CT molecular complexity index is 1180. The molecule has 0 spiro atoms. The first kappa shape index (κ1) is 19.5. The molecular formula is C21H19ClN6O2. The maximum atomic E-state index is 12.8. The minimum Gasteiger partial charge on any atom is -0.423 e. The Labute approximate surface area is 177 Å². The summed E-state index contributed by atoms with van der Waals surface area (Å²) >= 11 is 6.40. The fourth-order valence-electron chi connectivity index (χ4n) is 3.20. The number of carbonyl (C=O) groups is 1. The second-order valence-electron chi connectivity index (χ2n) is 6.66. The van der Waals surface area contributed by atoms with Gasteiger partial charge in [-0.05, 0) is 25.1 Å². The molecule has 30 heavy (non-hydrogen) atoms. The summed E-state index contributed by atoms with van der Waals surface area (Å²) < 4.78 is 5.71. The number of aliphatic imine (C=N–C) groups is 1. The van der Waals surface area contributed by atoms with E-state index in [4.69, 9.17) is 21.8 Å². The van der Waals surface area contributed by atoms with Crippen LogP contribution in [0.1, 0.15) is 18.5 Å². The molecule has 0 aliphatic carbocycles. The molecule has 1 aromatic heterocycles. The van der Waals surface area contributed by atoms with Crippen LogP contribution < -0.4 is 21.7 Å². The number of fused-ring (bicyclic) bond motifs is 1. The molecule has 1 unspecified atom stereocenters. The number of nitrogens with two attached hydrogens (primary N) is 1. The van der Waals surface area contributed by atoms with E-state index >= 15 is 0 Å². The van der Waals surface area contributed by atoms with Gasteiger partial charge in [0, 0.05) is 16.3 Å². The Balaban J connectivity index is 1.72. The Hall–Kier alpha value is -3.78. The molecule has 152 valence electrons.